The van der Waals surface area contributed by atoms with Crippen molar-refractivity contribution < 1.29 is 13.2 Å². The van der Waals surface area contributed by atoms with Gasteiger partial charge in [0.25, 0.3) is 0 Å². The van der Waals surface area contributed by atoms with E-state index in [2.05, 4.69) is 24.3 Å². The molecule has 7 aromatic carbocycles. The Kier molecular flexibility index (Phi) is 8.67. The van der Waals surface area contributed by atoms with Gasteiger partial charge in [-0.15, -0.1) is 0 Å². The molecule has 0 bridgehead atoms. The molecule has 0 fully saturated rings. The molecule has 0 saturated heterocycles. The highest BCUT2D eigenvalue weighted by molar-refractivity contribution is 6.12. The fourth-order valence-corrected chi connectivity index (χ4v) is 8.65. The second kappa shape index (κ2) is 14.4. The average Bonchev–Trinajstić information content (AvgIpc) is 3.82. The number of aromatic nitrogens is 3. The van der Waals surface area contributed by atoms with E-state index in [0.717, 1.165) is 49.8 Å². The number of halogens is 3. The summed E-state index contributed by atoms with van der Waals surface area (Å²) in [5.41, 5.74) is 6.86. The highest BCUT2D eigenvalue weighted by atomic mass is 19.4. The van der Waals surface area contributed by atoms with Crippen molar-refractivity contribution in [3.8, 4) is 69.2 Å². The smallest absolute Gasteiger partial charge is 0.309 e. The Morgan fingerprint density at radius 1 is 0.419 bits per heavy atom. The number of para-hydroxylation sites is 2. The van der Waals surface area contributed by atoms with Crippen LogP contribution in [-0.2, 0) is 6.18 Å². The first-order valence-corrected chi connectivity index (χ1v) is 19.3. The zero-order chi connectivity index (χ0) is 42.7. The molecule has 0 amide bonds. The molecule has 0 aliphatic rings. The van der Waals surface area contributed by atoms with Crippen LogP contribution in [-0.4, -0.2) is 14.1 Å². The van der Waals surface area contributed by atoms with E-state index in [9.17, 15) is 21.0 Å². The topological polar surface area (TPSA) is 118 Å². The van der Waals surface area contributed by atoms with E-state index in [1.165, 1.54) is 24.4 Å². The molecule has 0 atom stereocenters. The number of rotatable bonds is 5. The molecule has 0 N–H and O–H groups in total. The summed E-state index contributed by atoms with van der Waals surface area (Å²) in [6.45, 7) is 0. The quantitative estimate of drug-likeness (QED) is 0.172. The van der Waals surface area contributed by atoms with E-state index >= 15 is 13.2 Å². The summed E-state index contributed by atoms with van der Waals surface area (Å²) in [5.74, 6) is 0. The van der Waals surface area contributed by atoms with Crippen molar-refractivity contribution in [1.29, 1.82) is 21.0 Å². The van der Waals surface area contributed by atoms with Crippen LogP contribution in [0.2, 0.25) is 0 Å². The standard InChI is InChI=1S/C52H26F3N7/c53-52(54,55)43-9-5-12-48(61-44-10-3-1-7-39(44)41-25-35(14-16-46(41)61)37-21-31(27-56)19-32(22-37)28-57)50(43)51-49(13-6-18-60-51)62-45-11-4-2-8-40(45)42-26-36(15-17-47(42)62)38-23-33(29-58)20-34(24-38)30-59/h1-26H. The lowest BCUT2D eigenvalue weighted by atomic mass is 9.98. The maximum absolute atomic E-state index is 15.5. The monoisotopic (exact) mass is 805 g/mol. The SMILES string of the molecule is N#Cc1cc(C#N)cc(-c2ccc3c(c2)c2ccccc2n3-c2cccnc2-c2c(-n3c4ccccc4c4cc(-c5cc(C#N)cc(C#N)c5)ccc43)cccc2C(F)(F)F)c1. The number of nitriles is 4. The minimum Gasteiger partial charge on any atom is -0.309 e. The first kappa shape index (κ1) is 37.3. The molecule has 10 aromatic rings. The lowest BCUT2D eigenvalue weighted by Crippen LogP contribution is -2.12. The zero-order valence-corrected chi connectivity index (χ0v) is 32.3. The first-order valence-electron chi connectivity index (χ1n) is 19.3. The minimum atomic E-state index is -4.77. The number of nitrogens with zero attached hydrogens (tertiary/aromatic N) is 7. The highest BCUT2D eigenvalue weighted by Crippen LogP contribution is 2.46. The second-order valence-electron chi connectivity index (χ2n) is 14.8. The van der Waals surface area contributed by atoms with E-state index in [1.54, 1.807) is 42.5 Å². The van der Waals surface area contributed by atoms with E-state index in [0.29, 0.717) is 50.1 Å². The predicted molar refractivity (Wildman–Crippen MR) is 233 cm³/mol. The van der Waals surface area contributed by atoms with Gasteiger partial charge in [0.05, 0.1) is 91.2 Å². The number of fused-ring (bicyclic) bond motifs is 6. The third kappa shape index (κ3) is 5.99. The molecular formula is C52H26F3N7. The molecule has 0 aliphatic carbocycles. The van der Waals surface area contributed by atoms with Crippen LogP contribution in [0.5, 0.6) is 0 Å². The van der Waals surface area contributed by atoms with Gasteiger partial charge in [-0.25, -0.2) is 0 Å². The van der Waals surface area contributed by atoms with Crippen LogP contribution >= 0.6 is 0 Å². The maximum Gasteiger partial charge on any atom is 0.417 e. The summed E-state index contributed by atoms with van der Waals surface area (Å²) in [6.07, 6.45) is -3.27. The van der Waals surface area contributed by atoms with Crippen molar-refractivity contribution in [2.75, 3.05) is 0 Å². The summed E-state index contributed by atoms with van der Waals surface area (Å²) in [6, 6.07) is 52.7. The van der Waals surface area contributed by atoms with Crippen molar-refractivity contribution in [1.82, 2.24) is 14.1 Å². The van der Waals surface area contributed by atoms with Gasteiger partial charge in [-0.2, -0.15) is 34.2 Å². The molecule has 3 heterocycles. The fourth-order valence-electron chi connectivity index (χ4n) is 8.65. The van der Waals surface area contributed by atoms with E-state index in [-0.39, 0.29) is 16.9 Å². The van der Waals surface area contributed by atoms with Gasteiger partial charge in [-0.3, -0.25) is 4.98 Å². The summed E-state index contributed by atoms with van der Waals surface area (Å²) in [4.78, 5) is 4.77. The highest BCUT2D eigenvalue weighted by Gasteiger charge is 2.37. The van der Waals surface area contributed by atoms with Gasteiger partial charge in [-0.1, -0.05) is 54.6 Å². The number of alkyl halides is 3. The van der Waals surface area contributed by atoms with Crippen molar-refractivity contribution in [3.05, 3.63) is 186 Å². The molecule has 7 nitrogen and oxygen atoms in total. The van der Waals surface area contributed by atoms with Gasteiger partial charge in [0.1, 0.15) is 0 Å². The molecule has 10 rings (SSSR count). The Hall–Kier alpha value is -8.96. The fraction of sp³-hybridized carbons (Fsp3) is 0.0192. The lowest BCUT2D eigenvalue weighted by Gasteiger charge is -2.21. The van der Waals surface area contributed by atoms with Crippen LogP contribution in [0.4, 0.5) is 13.2 Å². The maximum atomic E-state index is 15.5. The normalized spacial score (nSPS) is 11.4. The number of pyridine rings is 1. The molecular weight excluding hydrogens is 780 g/mol. The summed E-state index contributed by atoms with van der Waals surface area (Å²) in [5, 5.41) is 41.9. The molecule has 0 saturated carbocycles. The van der Waals surface area contributed by atoms with E-state index in [1.807, 2.05) is 94.1 Å². The summed E-state index contributed by atoms with van der Waals surface area (Å²) < 4.78 is 50.3. The Morgan fingerprint density at radius 3 is 1.35 bits per heavy atom. The van der Waals surface area contributed by atoms with Crippen LogP contribution in [0.3, 0.4) is 0 Å². The minimum absolute atomic E-state index is 0.109. The van der Waals surface area contributed by atoms with Crippen LogP contribution in [0.25, 0.3) is 88.5 Å². The van der Waals surface area contributed by atoms with Gasteiger partial charge < -0.3 is 9.13 Å². The molecule has 290 valence electrons. The predicted octanol–water partition coefficient (Wildman–Crippen LogP) is 12.8. The molecule has 0 unspecified atom stereocenters. The molecule has 0 spiro atoms. The summed E-state index contributed by atoms with van der Waals surface area (Å²) in [7, 11) is 0. The van der Waals surface area contributed by atoms with Gasteiger partial charge >= 0.3 is 6.18 Å². The number of hydrogen-bond donors (Lipinski definition) is 0. The van der Waals surface area contributed by atoms with E-state index < -0.39 is 11.7 Å². The van der Waals surface area contributed by atoms with Crippen molar-refractivity contribution >= 4 is 43.6 Å². The zero-order valence-electron chi connectivity index (χ0n) is 32.3. The second-order valence-corrected chi connectivity index (χ2v) is 14.8. The number of benzene rings is 7. The van der Waals surface area contributed by atoms with Crippen molar-refractivity contribution in [2.24, 2.45) is 0 Å². The van der Waals surface area contributed by atoms with Gasteiger partial charge in [0.15, 0.2) is 0 Å². The Bertz CT molecular complexity index is 3630. The van der Waals surface area contributed by atoms with Gasteiger partial charge in [0.2, 0.25) is 0 Å². The number of hydrogen-bond acceptors (Lipinski definition) is 5. The van der Waals surface area contributed by atoms with Crippen LogP contribution < -0.4 is 0 Å². The Balaban J connectivity index is 1.24. The van der Waals surface area contributed by atoms with Gasteiger partial charge in [-0.05, 0) is 119 Å². The van der Waals surface area contributed by atoms with Crippen molar-refractivity contribution in [2.45, 2.75) is 6.18 Å². The average molecular weight is 806 g/mol. The lowest BCUT2D eigenvalue weighted by molar-refractivity contribution is -0.137. The van der Waals surface area contributed by atoms with Crippen LogP contribution in [0.15, 0.2) is 158 Å². The van der Waals surface area contributed by atoms with Gasteiger partial charge in [0, 0.05) is 33.3 Å². The summed E-state index contributed by atoms with van der Waals surface area (Å²) >= 11 is 0. The molecule has 3 aromatic heterocycles. The molecule has 10 heteroatoms. The molecule has 0 radical (unpaired) electrons. The first-order chi connectivity index (χ1) is 30.2. The largest absolute Gasteiger partial charge is 0.417 e. The molecule has 0 aliphatic heterocycles. The van der Waals surface area contributed by atoms with E-state index in [4.69, 9.17) is 4.98 Å². The Morgan fingerprint density at radius 2 is 0.871 bits per heavy atom. The third-order valence-electron chi connectivity index (χ3n) is 11.2. The van der Waals surface area contributed by atoms with Crippen LogP contribution in [0.1, 0.15) is 27.8 Å². The molecule has 62 heavy (non-hydrogen) atoms. The third-order valence-corrected chi connectivity index (χ3v) is 11.2. The van der Waals surface area contributed by atoms with Crippen molar-refractivity contribution in [3.63, 3.8) is 0 Å². The Labute approximate surface area is 351 Å². The van der Waals surface area contributed by atoms with Crippen LogP contribution in [0, 0.1) is 45.3 Å².